The zero-order valence-corrected chi connectivity index (χ0v) is 8.86. The standard InChI is InChI=1S/C12H14O3/c1-8(2)10-4-6-11(7-5-10)15-9(3)12(13)14/h4-7,9H,1H2,2-3H3,(H,13,14). The Kier molecular flexibility index (Phi) is 3.50. The maximum Gasteiger partial charge on any atom is 0.344 e. The van der Waals surface area contributed by atoms with Crippen molar-refractivity contribution in [3.05, 3.63) is 36.4 Å². The summed E-state index contributed by atoms with van der Waals surface area (Å²) in [7, 11) is 0. The van der Waals surface area contributed by atoms with Crippen molar-refractivity contribution < 1.29 is 14.6 Å². The van der Waals surface area contributed by atoms with E-state index in [9.17, 15) is 4.79 Å². The Morgan fingerprint density at radius 2 is 1.93 bits per heavy atom. The van der Waals surface area contributed by atoms with Crippen LogP contribution in [-0.4, -0.2) is 17.2 Å². The fourth-order valence-electron chi connectivity index (χ4n) is 1.07. The van der Waals surface area contributed by atoms with Crippen LogP contribution < -0.4 is 4.74 Å². The molecule has 0 heterocycles. The second-order valence-corrected chi connectivity index (χ2v) is 3.40. The summed E-state index contributed by atoms with van der Waals surface area (Å²) in [5, 5.41) is 8.65. The lowest BCUT2D eigenvalue weighted by Crippen LogP contribution is -2.22. The van der Waals surface area contributed by atoms with E-state index >= 15 is 0 Å². The molecule has 80 valence electrons. The van der Waals surface area contributed by atoms with E-state index in [0.717, 1.165) is 11.1 Å². The lowest BCUT2D eigenvalue weighted by Gasteiger charge is -2.10. The molecule has 1 aromatic rings. The normalized spacial score (nSPS) is 11.9. The van der Waals surface area contributed by atoms with Crippen LogP contribution in [0.15, 0.2) is 30.8 Å². The van der Waals surface area contributed by atoms with Gasteiger partial charge in [0.25, 0.3) is 0 Å². The van der Waals surface area contributed by atoms with Gasteiger partial charge in [-0.05, 0) is 31.5 Å². The van der Waals surface area contributed by atoms with Crippen molar-refractivity contribution in [2.24, 2.45) is 0 Å². The van der Waals surface area contributed by atoms with E-state index in [1.165, 1.54) is 6.92 Å². The molecule has 0 aliphatic carbocycles. The number of hydrogen-bond acceptors (Lipinski definition) is 2. The van der Waals surface area contributed by atoms with E-state index in [1.54, 1.807) is 12.1 Å². The number of allylic oxidation sites excluding steroid dienone is 1. The molecule has 0 saturated carbocycles. The highest BCUT2D eigenvalue weighted by Gasteiger charge is 2.11. The Balaban J connectivity index is 2.72. The predicted molar refractivity (Wildman–Crippen MR) is 58.9 cm³/mol. The maximum absolute atomic E-state index is 10.5. The number of benzene rings is 1. The minimum atomic E-state index is -0.973. The van der Waals surface area contributed by atoms with Crippen molar-refractivity contribution in [2.45, 2.75) is 20.0 Å². The molecule has 0 saturated heterocycles. The molecule has 1 N–H and O–H groups in total. The number of rotatable bonds is 4. The number of ether oxygens (including phenoxy) is 1. The summed E-state index contributed by atoms with van der Waals surface area (Å²) in [5.74, 6) is -0.422. The molecular formula is C12H14O3. The quantitative estimate of drug-likeness (QED) is 0.823. The average Bonchev–Trinajstić information content (AvgIpc) is 2.18. The first-order chi connectivity index (χ1) is 7.00. The van der Waals surface area contributed by atoms with Gasteiger partial charge in [0, 0.05) is 0 Å². The molecule has 3 heteroatoms. The summed E-state index contributed by atoms with van der Waals surface area (Å²) in [6, 6.07) is 7.19. The van der Waals surface area contributed by atoms with Gasteiger partial charge in [-0.2, -0.15) is 0 Å². The Morgan fingerprint density at radius 3 is 2.33 bits per heavy atom. The average molecular weight is 206 g/mol. The Labute approximate surface area is 89.0 Å². The molecule has 0 radical (unpaired) electrons. The monoisotopic (exact) mass is 206 g/mol. The molecule has 15 heavy (non-hydrogen) atoms. The van der Waals surface area contributed by atoms with Gasteiger partial charge in [0.2, 0.25) is 0 Å². The summed E-state index contributed by atoms with van der Waals surface area (Å²) in [4.78, 5) is 10.5. The van der Waals surface area contributed by atoms with Gasteiger partial charge in [0.1, 0.15) is 5.75 Å². The van der Waals surface area contributed by atoms with Crippen LogP contribution in [0.1, 0.15) is 19.4 Å². The van der Waals surface area contributed by atoms with Gasteiger partial charge in [0.05, 0.1) is 0 Å². The van der Waals surface area contributed by atoms with E-state index in [0.29, 0.717) is 5.75 Å². The molecule has 3 nitrogen and oxygen atoms in total. The first kappa shape index (κ1) is 11.3. The summed E-state index contributed by atoms with van der Waals surface area (Å²) in [6.07, 6.45) is -0.833. The third-order valence-electron chi connectivity index (χ3n) is 2.01. The predicted octanol–water partition coefficient (Wildman–Crippen LogP) is 2.57. The van der Waals surface area contributed by atoms with Gasteiger partial charge in [-0.1, -0.05) is 24.3 Å². The van der Waals surface area contributed by atoms with Crippen LogP contribution in [0.4, 0.5) is 0 Å². The van der Waals surface area contributed by atoms with Crippen LogP contribution in [0.2, 0.25) is 0 Å². The molecule has 1 rings (SSSR count). The van der Waals surface area contributed by atoms with Gasteiger partial charge in [-0.3, -0.25) is 0 Å². The molecule has 0 fully saturated rings. The minimum absolute atomic E-state index is 0.551. The van der Waals surface area contributed by atoms with Crippen LogP contribution in [0.25, 0.3) is 5.57 Å². The van der Waals surface area contributed by atoms with Crippen molar-refractivity contribution in [1.29, 1.82) is 0 Å². The van der Waals surface area contributed by atoms with Crippen LogP contribution in [-0.2, 0) is 4.79 Å². The summed E-state index contributed by atoms with van der Waals surface area (Å²) in [5.41, 5.74) is 1.98. The zero-order chi connectivity index (χ0) is 11.4. The molecule has 0 aromatic heterocycles. The Morgan fingerprint density at radius 1 is 1.40 bits per heavy atom. The largest absolute Gasteiger partial charge is 0.479 e. The maximum atomic E-state index is 10.5. The lowest BCUT2D eigenvalue weighted by molar-refractivity contribution is -0.144. The van der Waals surface area contributed by atoms with E-state index < -0.39 is 12.1 Å². The smallest absolute Gasteiger partial charge is 0.344 e. The number of aliphatic carboxylic acids is 1. The Hall–Kier alpha value is -1.77. The van der Waals surface area contributed by atoms with Gasteiger partial charge in [0.15, 0.2) is 6.10 Å². The molecule has 0 bridgehead atoms. The van der Waals surface area contributed by atoms with Crippen LogP contribution in [0.5, 0.6) is 5.75 Å². The molecule has 0 amide bonds. The highest BCUT2D eigenvalue weighted by Crippen LogP contribution is 2.17. The van der Waals surface area contributed by atoms with Gasteiger partial charge < -0.3 is 9.84 Å². The molecule has 0 spiro atoms. The number of carbonyl (C=O) groups is 1. The number of carboxylic acid groups (broad SMARTS) is 1. The second-order valence-electron chi connectivity index (χ2n) is 3.40. The third kappa shape index (κ3) is 3.13. The van der Waals surface area contributed by atoms with Gasteiger partial charge in [-0.15, -0.1) is 0 Å². The second kappa shape index (κ2) is 4.64. The molecule has 0 aliphatic heterocycles. The highest BCUT2D eigenvalue weighted by atomic mass is 16.5. The highest BCUT2D eigenvalue weighted by molar-refractivity contribution is 5.72. The van der Waals surface area contributed by atoms with Crippen molar-refractivity contribution >= 4 is 11.5 Å². The first-order valence-electron chi connectivity index (χ1n) is 4.66. The lowest BCUT2D eigenvalue weighted by atomic mass is 10.1. The zero-order valence-electron chi connectivity index (χ0n) is 8.86. The summed E-state index contributed by atoms with van der Waals surface area (Å²) < 4.78 is 5.18. The van der Waals surface area contributed by atoms with Gasteiger partial charge >= 0.3 is 5.97 Å². The van der Waals surface area contributed by atoms with Crippen LogP contribution >= 0.6 is 0 Å². The van der Waals surface area contributed by atoms with Crippen molar-refractivity contribution in [3.63, 3.8) is 0 Å². The summed E-state index contributed by atoms with van der Waals surface area (Å²) in [6.45, 7) is 7.22. The van der Waals surface area contributed by atoms with Crippen molar-refractivity contribution in [1.82, 2.24) is 0 Å². The van der Waals surface area contributed by atoms with E-state index in [4.69, 9.17) is 9.84 Å². The molecule has 0 aliphatic rings. The fraction of sp³-hybridized carbons (Fsp3) is 0.250. The molecule has 1 atom stereocenters. The molecule has 1 unspecified atom stereocenters. The van der Waals surface area contributed by atoms with E-state index in [1.807, 2.05) is 19.1 Å². The number of carboxylic acids is 1. The molecular weight excluding hydrogens is 192 g/mol. The molecule has 1 aromatic carbocycles. The van der Waals surface area contributed by atoms with E-state index in [-0.39, 0.29) is 0 Å². The fourth-order valence-corrected chi connectivity index (χ4v) is 1.07. The minimum Gasteiger partial charge on any atom is -0.479 e. The van der Waals surface area contributed by atoms with Crippen molar-refractivity contribution in [2.75, 3.05) is 0 Å². The van der Waals surface area contributed by atoms with Crippen molar-refractivity contribution in [3.8, 4) is 5.75 Å². The van der Waals surface area contributed by atoms with E-state index in [2.05, 4.69) is 6.58 Å². The first-order valence-corrected chi connectivity index (χ1v) is 4.66. The van der Waals surface area contributed by atoms with Crippen LogP contribution in [0, 0.1) is 0 Å². The van der Waals surface area contributed by atoms with Gasteiger partial charge in [-0.25, -0.2) is 4.79 Å². The number of hydrogen-bond donors (Lipinski definition) is 1. The summed E-state index contributed by atoms with van der Waals surface area (Å²) >= 11 is 0. The Bertz CT molecular complexity index is 365. The van der Waals surface area contributed by atoms with Crippen LogP contribution in [0.3, 0.4) is 0 Å². The third-order valence-corrected chi connectivity index (χ3v) is 2.01. The SMILES string of the molecule is C=C(C)c1ccc(OC(C)C(=O)O)cc1. The topological polar surface area (TPSA) is 46.5 Å².